The summed E-state index contributed by atoms with van der Waals surface area (Å²) in [6.07, 6.45) is 1.93. The van der Waals surface area contributed by atoms with Crippen molar-refractivity contribution in [1.82, 2.24) is 15.8 Å². The summed E-state index contributed by atoms with van der Waals surface area (Å²) in [4.78, 5) is 4.70. The normalized spacial score (nSPS) is 16.0. The van der Waals surface area contributed by atoms with E-state index < -0.39 is 0 Å². The summed E-state index contributed by atoms with van der Waals surface area (Å²) >= 11 is 0. The lowest BCUT2D eigenvalue weighted by molar-refractivity contribution is 0.0513. The number of rotatable bonds is 8. The molecule has 0 spiro atoms. The number of hydrogen-bond donors (Lipinski definition) is 2. The Kier molecular flexibility index (Phi) is 10.1. The maximum absolute atomic E-state index is 5.65. The molecule has 3 rings (SSSR count). The van der Waals surface area contributed by atoms with Crippen LogP contribution in [0.4, 0.5) is 0 Å². The van der Waals surface area contributed by atoms with Crippen molar-refractivity contribution >= 4 is 29.9 Å². The number of methoxy groups -OCH3 is 1. The van der Waals surface area contributed by atoms with Crippen molar-refractivity contribution in [1.29, 1.82) is 0 Å². The number of nitrogens with zero attached hydrogens (tertiary/aromatic N) is 2. The van der Waals surface area contributed by atoms with E-state index in [1.165, 1.54) is 5.56 Å². The van der Waals surface area contributed by atoms with Gasteiger partial charge in [0.2, 0.25) is 0 Å². The van der Waals surface area contributed by atoms with E-state index in [4.69, 9.17) is 19.0 Å². The molecular weight excluding hydrogens is 507 g/mol. The molecule has 31 heavy (non-hydrogen) atoms. The molecule has 2 heterocycles. The third kappa shape index (κ3) is 6.83. The highest BCUT2D eigenvalue weighted by molar-refractivity contribution is 14.0. The number of hydrogen-bond acceptors (Lipinski definition) is 5. The van der Waals surface area contributed by atoms with Gasteiger partial charge in [0.05, 0.1) is 12.8 Å². The first-order chi connectivity index (χ1) is 14.6. The van der Waals surface area contributed by atoms with Gasteiger partial charge >= 0.3 is 0 Å². The fourth-order valence-electron chi connectivity index (χ4n) is 3.70. The van der Waals surface area contributed by atoms with Gasteiger partial charge in [0.15, 0.2) is 11.7 Å². The van der Waals surface area contributed by atoms with Crippen molar-refractivity contribution in [3.8, 4) is 5.75 Å². The summed E-state index contributed by atoms with van der Waals surface area (Å²) in [5, 5.41) is 11.0. The summed E-state index contributed by atoms with van der Waals surface area (Å²) < 4.78 is 16.4. The Morgan fingerprint density at radius 2 is 1.90 bits per heavy atom. The van der Waals surface area contributed by atoms with Crippen LogP contribution in [0.2, 0.25) is 0 Å². The Labute approximate surface area is 202 Å². The molecule has 0 amide bonds. The monoisotopic (exact) mass is 542 g/mol. The van der Waals surface area contributed by atoms with E-state index in [9.17, 15) is 0 Å². The van der Waals surface area contributed by atoms with Crippen LogP contribution in [-0.4, -0.2) is 44.5 Å². The van der Waals surface area contributed by atoms with Crippen LogP contribution < -0.4 is 15.4 Å². The first-order valence-electron chi connectivity index (χ1n) is 10.8. The molecule has 0 aliphatic carbocycles. The zero-order valence-corrected chi connectivity index (χ0v) is 21.3. The maximum Gasteiger partial charge on any atom is 0.191 e. The van der Waals surface area contributed by atoms with Crippen LogP contribution in [0.15, 0.2) is 39.8 Å². The number of guanidine groups is 1. The Bertz CT molecular complexity index is 814. The fraction of sp³-hybridized carbons (Fsp3) is 0.565. The number of ether oxygens (including phenoxy) is 2. The number of aliphatic imine (C=N–C) groups is 1. The molecule has 1 aliphatic heterocycles. The summed E-state index contributed by atoms with van der Waals surface area (Å²) in [6.45, 7) is 9.81. The van der Waals surface area contributed by atoms with Crippen molar-refractivity contribution in [3.63, 3.8) is 0 Å². The topological polar surface area (TPSA) is 80.9 Å². The van der Waals surface area contributed by atoms with Gasteiger partial charge in [0.25, 0.3) is 0 Å². The second-order valence-electron chi connectivity index (χ2n) is 8.04. The lowest BCUT2D eigenvalue weighted by Gasteiger charge is -2.38. The minimum Gasteiger partial charge on any atom is -0.497 e. The fourth-order valence-corrected chi connectivity index (χ4v) is 3.70. The Morgan fingerprint density at radius 1 is 1.19 bits per heavy atom. The standard InChI is InChI=1S/C23H34N4O3.HI/c1-5-24-22(25-15-20-14-21(17(2)3)27-30-20)26-16-23(10-12-29-13-11-23)18-6-8-19(28-4)9-7-18;/h6-9,14,17H,5,10-13,15-16H2,1-4H3,(H2,24,25,26);1H. The average Bonchev–Trinajstić information content (AvgIpc) is 3.26. The van der Waals surface area contributed by atoms with Crippen LogP contribution in [0.3, 0.4) is 0 Å². The lowest BCUT2D eigenvalue weighted by atomic mass is 9.74. The number of benzene rings is 1. The third-order valence-corrected chi connectivity index (χ3v) is 5.65. The number of aromatic nitrogens is 1. The van der Waals surface area contributed by atoms with E-state index in [0.717, 1.165) is 62.3 Å². The highest BCUT2D eigenvalue weighted by Crippen LogP contribution is 2.35. The molecular formula is C23H35IN4O3. The smallest absolute Gasteiger partial charge is 0.191 e. The second-order valence-corrected chi connectivity index (χ2v) is 8.04. The highest BCUT2D eigenvalue weighted by Gasteiger charge is 2.34. The molecule has 8 heteroatoms. The van der Waals surface area contributed by atoms with Gasteiger partial charge in [0, 0.05) is 37.8 Å². The van der Waals surface area contributed by atoms with Crippen molar-refractivity contribution in [2.24, 2.45) is 4.99 Å². The van der Waals surface area contributed by atoms with E-state index in [1.807, 2.05) is 18.2 Å². The van der Waals surface area contributed by atoms with Gasteiger partial charge in [0.1, 0.15) is 12.3 Å². The van der Waals surface area contributed by atoms with E-state index in [1.54, 1.807) is 7.11 Å². The first-order valence-corrected chi connectivity index (χ1v) is 10.8. The minimum atomic E-state index is -0.00222. The van der Waals surface area contributed by atoms with Crippen molar-refractivity contribution in [3.05, 3.63) is 47.3 Å². The molecule has 172 valence electrons. The minimum absolute atomic E-state index is 0. The molecule has 1 aromatic carbocycles. The van der Waals surface area contributed by atoms with Gasteiger partial charge in [-0.2, -0.15) is 0 Å². The van der Waals surface area contributed by atoms with Crippen molar-refractivity contribution in [2.75, 3.05) is 33.4 Å². The number of nitrogens with one attached hydrogen (secondary N) is 2. The van der Waals surface area contributed by atoms with Crippen molar-refractivity contribution in [2.45, 2.75) is 51.5 Å². The predicted molar refractivity (Wildman–Crippen MR) is 134 cm³/mol. The predicted octanol–water partition coefficient (Wildman–Crippen LogP) is 4.23. The Balaban J connectivity index is 0.00000341. The van der Waals surface area contributed by atoms with Crippen LogP contribution in [0.1, 0.15) is 56.5 Å². The van der Waals surface area contributed by atoms with Gasteiger partial charge in [-0.1, -0.05) is 31.1 Å². The molecule has 1 aliphatic rings. The van der Waals surface area contributed by atoms with Crippen LogP contribution >= 0.6 is 24.0 Å². The molecule has 1 aromatic heterocycles. The zero-order chi connectivity index (χ0) is 21.4. The number of halogens is 1. The first kappa shape index (κ1) is 25.5. The van der Waals surface area contributed by atoms with Crippen LogP contribution in [-0.2, 0) is 16.7 Å². The molecule has 0 atom stereocenters. The molecule has 0 unspecified atom stereocenters. The van der Waals surface area contributed by atoms with E-state index >= 15 is 0 Å². The van der Waals surface area contributed by atoms with Crippen molar-refractivity contribution < 1.29 is 14.0 Å². The van der Waals surface area contributed by atoms with Gasteiger partial charge in [-0.15, -0.1) is 24.0 Å². The Morgan fingerprint density at radius 3 is 2.48 bits per heavy atom. The van der Waals surface area contributed by atoms with Gasteiger partial charge in [-0.3, -0.25) is 0 Å². The van der Waals surface area contributed by atoms with E-state index in [2.05, 4.69) is 48.7 Å². The summed E-state index contributed by atoms with van der Waals surface area (Å²) in [5.74, 6) is 2.76. The van der Waals surface area contributed by atoms with Crippen LogP contribution in [0.25, 0.3) is 0 Å². The van der Waals surface area contributed by atoms with E-state index in [-0.39, 0.29) is 29.4 Å². The molecule has 0 radical (unpaired) electrons. The lowest BCUT2D eigenvalue weighted by Crippen LogP contribution is -2.48. The van der Waals surface area contributed by atoms with Gasteiger partial charge in [-0.05, 0) is 43.4 Å². The highest BCUT2D eigenvalue weighted by atomic mass is 127. The van der Waals surface area contributed by atoms with Crippen LogP contribution in [0, 0.1) is 0 Å². The van der Waals surface area contributed by atoms with E-state index in [0.29, 0.717) is 12.5 Å². The average molecular weight is 542 g/mol. The molecule has 2 N–H and O–H groups in total. The largest absolute Gasteiger partial charge is 0.497 e. The molecule has 1 fully saturated rings. The molecule has 1 saturated heterocycles. The summed E-state index contributed by atoms with van der Waals surface area (Å²) in [6, 6.07) is 10.4. The summed E-state index contributed by atoms with van der Waals surface area (Å²) in [7, 11) is 1.69. The van der Waals surface area contributed by atoms with Gasteiger partial charge < -0.3 is 24.6 Å². The third-order valence-electron chi connectivity index (χ3n) is 5.65. The van der Waals surface area contributed by atoms with Crippen LogP contribution in [0.5, 0.6) is 5.75 Å². The quantitative estimate of drug-likeness (QED) is 0.295. The van der Waals surface area contributed by atoms with Gasteiger partial charge in [-0.25, -0.2) is 4.99 Å². The molecule has 0 bridgehead atoms. The molecule has 0 saturated carbocycles. The zero-order valence-electron chi connectivity index (χ0n) is 18.9. The molecule has 7 nitrogen and oxygen atoms in total. The Hall–Kier alpha value is -1.81. The maximum atomic E-state index is 5.65. The molecule has 2 aromatic rings. The summed E-state index contributed by atoms with van der Waals surface area (Å²) in [5.41, 5.74) is 2.25. The second kappa shape index (κ2) is 12.3. The SMILES string of the molecule is CCNC(=NCc1cc(C(C)C)no1)NCC1(c2ccc(OC)cc2)CCOCC1.I.